The van der Waals surface area contributed by atoms with Crippen molar-refractivity contribution in [3.63, 3.8) is 0 Å². The van der Waals surface area contributed by atoms with Gasteiger partial charge in [-0.3, -0.25) is 4.79 Å². The molecular formula is C28H41N11O2. The summed E-state index contributed by atoms with van der Waals surface area (Å²) in [6, 6.07) is 17.9. The standard InChI is InChI=1S/C21H34N10O.C7H7NO/c22-14-6-15(23)9-30(8-14)20-27-19(26-18(12-32)13-4-2-1-3-5-13)28-21(29-20)31-10-16(24)7-17(25)11-31;8-7(9)6-4-2-1-3-5-6/h1-5,14-18,32H,6-12,22-25H2,(H,26,27,28,29);1-5H,(H2,8,9)/t14-,15+,16-,17+,18-;/m0./s1. The second kappa shape index (κ2) is 14.1. The summed E-state index contributed by atoms with van der Waals surface area (Å²) in [5.41, 5.74) is 31.3. The van der Waals surface area contributed by atoms with Gasteiger partial charge in [-0.05, 0) is 30.5 Å². The minimum absolute atomic E-state index is 0.0540. The third kappa shape index (κ3) is 8.55. The molecule has 2 saturated heterocycles. The number of aliphatic hydroxyl groups is 1. The molecule has 0 unspecified atom stereocenters. The maximum absolute atomic E-state index is 10.4. The molecule has 3 aromatic rings. The van der Waals surface area contributed by atoms with Gasteiger partial charge in [0.15, 0.2) is 0 Å². The van der Waals surface area contributed by atoms with Gasteiger partial charge in [-0.25, -0.2) is 0 Å². The topological polar surface area (TPSA) is 225 Å². The number of nitrogens with two attached hydrogens (primary N) is 5. The molecule has 0 spiro atoms. The average Bonchev–Trinajstić information content (AvgIpc) is 2.96. The van der Waals surface area contributed by atoms with Crippen molar-refractivity contribution in [3.05, 3.63) is 71.8 Å². The molecule has 13 nitrogen and oxygen atoms in total. The summed E-state index contributed by atoms with van der Waals surface area (Å²) in [4.78, 5) is 28.5. The summed E-state index contributed by atoms with van der Waals surface area (Å²) in [5.74, 6) is 0.991. The number of nitrogens with zero attached hydrogens (tertiary/aromatic N) is 5. The zero-order valence-corrected chi connectivity index (χ0v) is 23.1. The number of piperidine rings is 2. The Kier molecular flexibility index (Phi) is 10.4. The van der Waals surface area contributed by atoms with E-state index in [2.05, 4.69) is 15.3 Å². The first-order valence-corrected chi connectivity index (χ1v) is 13.8. The van der Waals surface area contributed by atoms with Crippen LogP contribution in [0.25, 0.3) is 0 Å². The highest BCUT2D eigenvalue weighted by molar-refractivity contribution is 5.92. The molecular weight excluding hydrogens is 522 g/mol. The van der Waals surface area contributed by atoms with Gasteiger partial charge in [0.1, 0.15) is 0 Å². The Hall–Kier alpha value is -3.88. The molecule has 0 bridgehead atoms. The van der Waals surface area contributed by atoms with Crippen molar-refractivity contribution in [1.29, 1.82) is 0 Å². The molecule has 13 heteroatoms. The van der Waals surface area contributed by atoms with E-state index in [1.54, 1.807) is 24.3 Å². The summed E-state index contributed by atoms with van der Waals surface area (Å²) in [6.07, 6.45) is 1.52. The lowest BCUT2D eigenvalue weighted by molar-refractivity contribution is 0.1000. The van der Waals surface area contributed by atoms with Crippen molar-refractivity contribution in [1.82, 2.24) is 15.0 Å². The lowest BCUT2D eigenvalue weighted by Gasteiger charge is -2.37. The molecule has 3 heterocycles. The molecule has 0 aliphatic carbocycles. The van der Waals surface area contributed by atoms with E-state index in [9.17, 15) is 9.90 Å². The first-order chi connectivity index (χ1) is 19.7. The van der Waals surface area contributed by atoms with Crippen LogP contribution in [-0.4, -0.2) is 82.9 Å². The van der Waals surface area contributed by atoms with Gasteiger partial charge in [0.05, 0.1) is 12.6 Å². The smallest absolute Gasteiger partial charge is 0.248 e. The maximum Gasteiger partial charge on any atom is 0.248 e. The molecule has 5 atom stereocenters. The number of nitrogens with one attached hydrogen (secondary N) is 1. The quantitative estimate of drug-likeness (QED) is 0.194. The van der Waals surface area contributed by atoms with E-state index in [0.29, 0.717) is 49.6 Å². The van der Waals surface area contributed by atoms with E-state index in [4.69, 9.17) is 33.7 Å². The molecule has 12 N–H and O–H groups in total. The van der Waals surface area contributed by atoms with Crippen molar-refractivity contribution in [2.24, 2.45) is 28.7 Å². The number of aliphatic hydroxyl groups excluding tert-OH is 1. The number of carbonyl (C=O) groups is 1. The minimum atomic E-state index is -0.379. The van der Waals surface area contributed by atoms with Gasteiger partial charge in [0, 0.05) is 55.9 Å². The van der Waals surface area contributed by atoms with Gasteiger partial charge in [-0.15, -0.1) is 0 Å². The normalized spacial score (nSPS) is 23.2. The van der Waals surface area contributed by atoms with E-state index < -0.39 is 0 Å². The average molecular weight is 564 g/mol. The third-order valence-electron chi connectivity index (χ3n) is 6.95. The van der Waals surface area contributed by atoms with Crippen LogP contribution in [0, 0.1) is 0 Å². The zero-order chi connectivity index (χ0) is 29.4. The van der Waals surface area contributed by atoms with Crippen LogP contribution in [0.3, 0.4) is 0 Å². The van der Waals surface area contributed by atoms with Crippen LogP contribution >= 0.6 is 0 Å². The fraction of sp³-hybridized carbons (Fsp3) is 0.429. The van der Waals surface area contributed by atoms with Crippen molar-refractivity contribution in [2.45, 2.75) is 43.1 Å². The van der Waals surface area contributed by atoms with E-state index >= 15 is 0 Å². The van der Waals surface area contributed by atoms with Gasteiger partial charge in [0.2, 0.25) is 23.8 Å². The second-order valence-corrected chi connectivity index (χ2v) is 10.6. The number of carbonyl (C=O) groups excluding carboxylic acids is 1. The summed E-state index contributed by atoms with van der Waals surface area (Å²) in [7, 11) is 0. The summed E-state index contributed by atoms with van der Waals surface area (Å²) in [6.45, 7) is 2.32. The molecule has 2 fully saturated rings. The monoisotopic (exact) mass is 563 g/mol. The van der Waals surface area contributed by atoms with Crippen LogP contribution in [0.5, 0.6) is 0 Å². The SMILES string of the molecule is NC(=O)c1ccccc1.N[C@@H]1C[C@H](N)CN(c2nc(N[C@@H](CO)c3ccccc3)nc(N3C[C@H](N)C[C@H](N)C3)n2)C1. The van der Waals surface area contributed by atoms with Crippen LogP contribution < -0.4 is 43.8 Å². The number of primary amides is 1. The largest absolute Gasteiger partial charge is 0.394 e. The van der Waals surface area contributed by atoms with Crippen LogP contribution in [0.4, 0.5) is 17.8 Å². The Labute approximate surface area is 240 Å². The predicted octanol–water partition coefficient (Wildman–Crippen LogP) is -0.468. The zero-order valence-electron chi connectivity index (χ0n) is 23.1. The molecule has 41 heavy (non-hydrogen) atoms. The van der Waals surface area contributed by atoms with E-state index in [1.807, 2.05) is 46.2 Å². The van der Waals surface area contributed by atoms with Gasteiger partial charge in [-0.1, -0.05) is 48.5 Å². The fourth-order valence-corrected chi connectivity index (χ4v) is 5.06. The highest BCUT2D eigenvalue weighted by Crippen LogP contribution is 2.24. The Morgan fingerprint density at radius 2 is 1.22 bits per heavy atom. The molecule has 0 saturated carbocycles. The maximum atomic E-state index is 10.4. The molecule has 1 aromatic heterocycles. The molecule has 2 aliphatic heterocycles. The van der Waals surface area contributed by atoms with E-state index in [-0.39, 0.29) is 42.7 Å². The predicted molar refractivity (Wildman–Crippen MR) is 160 cm³/mol. The molecule has 1 amide bonds. The van der Waals surface area contributed by atoms with Gasteiger partial charge >= 0.3 is 0 Å². The molecule has 2 aliphatic rings. The molecule has 2 aromatic carbocycles. The molecule has 5 rings (SSSR count). The van der Waals surface area contributed by atoms with E-state index in [0.717, 1.165) is 18.4 Å². The fourth-order valence-electron chi connectivity index (χ4n) is 5.06. The van der Waals surface area contributed by atoms with Crippen molar-refractivity contribution in [3.8, 4) is 0 Å². The summed E-state index contributed by atoms with van der Waals surface area (Å²) < 4.78 is 0. The Bertz CT molecular complexity index is 1190. The number of hydrogen-bond donors (Lipinski definition) is 7. The summed E-state index contributed by atoms with van der Waals surface area (Å²) in [5, 5.41) is 13.3. The third-order valence-corrected chi connectivity index (χ3v) is 6.95. The van der Waals surface area contributed by atoms with Crippen molar-refractivity contribution >= 4 is 23.8 Å². The second-order valence-electron chi connectivity index (χ2n) is 10.6. The van der Waals surface area contributed by atoms with Crippen LogP contribution in [0.1, 0.15) is 34.8 Å². The number of aromatic nitrogens is 3. The van der Waals surface area contributed by atoms with E-state index in [1.165, 1.54) is 0 Å². The highest BCUT2D eigenvalue weighted by Gasteiger charge is 2.29. The van der Waals surface area contributed by atoms with Crippen molar-refractivity contribution < 1.29 is 9.90 Å². The molecule has 220 valence electrons. The lowest BCUT2D eigenvalue weighted by Crippen LogP contribution is -2.54. The van der Waals surface area contributed by atoms with Crippen LogP contribution in [-0.2, 0) is 0 Å². The first-order valence-electron chi connectivity index (χ1n) is 13.8. The Balaban J connectivity index is 0.000000367. The van der Waals surface area contributed by atoms with Gasteiger partial charge in [0.25, 0.3) is 0 Å². The Morgan fingerprint density at radius 3 is 1.61 bits per heavy atom. The molecule has 0 radical (unpaired) electrons. The number of benzene rings is 2. The first kappa shape index (κ1) is 30.1. The number of hydrogen-bond acceptors (Lipinski definition) is 12. The Morgan fingerprint density at radius 1 is 0.780 bits per heavy atom. The highest BCUT2D eigenvalue weighted by atomic mass is 16.3. The number of anilines is 3. The summed E-state index contributed by atoms with van der Waals surface area (Å²) >= 11 is 0. The number of rotatable bonds is 7. The van der Waals surface area contributed by atoms with Gasteiger partial charge in [-0.2, -0.15) is 15.0 Å². The van der Waals surface area contributed by atoms with Crippen molar-refractivity contribution in [2.75, 3.05) is 47.9 Å². The van der Waals surface area contributed by atoms with Gasteiger partial charge < -0.3 is 48.9 Å². The van der Waals surface area contributed by atoms with Crippen LogP contribution in [0.2, 0.25) is 0 Å². The van der Waals surface area contributed by atoms with Crippen LogP contribution in [0.15, 0.2) is 60.7 Å². The minimum Gasteiger partial charge on any atom is -0.394 e. The lowest BCUT2D eigenvalue weighted by atomic mass is 10.0. The number of amides is 1.